The summed E-state index contributed by atoms with van der Waals surface area (Å²) in [6, 6.07) is 8.64. The number of halogens is 2. The largest absolute Gasteiger partial charge is 0.436 e. The van der Waals surface area contributed by atoms with Gasteiger partial charge >= 0.3 is 0 Å². The van der Waals surface area contributed by atoms with Crippen molar-refractivity contribution < 1.29 is 17.2 Å². The van der Waals surface area contributed by atoms with E-state index in [0.29, 0.717) is 11.4 Å². The molecule has 0 fully saturated rings. The number of pyridine rings is 1. The second-order valence-electron chi connectivity index (χ2n) is 3.46. The van der Waals surface area contributed by atoms with Gasteiger partial charge in [-0.2, -0.15) is 0 Å². The maximum Gasteiger partial charge on any atom is 0.272 e. The fourth-order valence-electron chi connectivity index (χ4n) is 1.30. The highest BCUT2D eigenvalue weighted by Gasteiger charge is 2.09. The van der Waals surface area contributed by atoms with Crippen LogP contribution < -0.4 is 8.92 Å². The third kappa shape index (κ3) is 3.10. The van der Waals surface area contributed by atoms with E-state index in [4.69, 9.17) is 4.74 Å². The Bertz CT molecular complexity index is 534. The Morgan fingerprint density at radius 2 is 1.83 bits per heavy atom. The summed E-state index contributed by atoms with van der Waals surface area (Å²) in [6.07, 6.45) is 0. The number of hydrogen-bond acceptors (Lipinski definition) is 4. The van der Waals surface area contributed by atoms with Crippen LogP contribution in [0.4, 0.5) is 8.28 Å². The molecular formula is C12H9F2NO2S. The molecule has 0 atom stereocenters. The van der Waals surface area contributed by atoms with E-state index in [2.05, 4.69) is 9.17 Å². The topological polar surface area (TPSA) is 31.4 Å². The molecule has 2 rings (SSSR count). The number of nitrogens with zero attached hydrogens (tertiary/aromatic N) is 1. The Kier molecular flexibility index (Phi) is 3.99. The molecule has 0 aliphatic carbocycles. The first-order valence-corrected chi connectivity index (χ1v) is 5.69. The Morgan fingerprint density at radius 3 is 2.50 bits per heavy atom. The van der Waals surface area contributed by atoms with E-state index < -0.39 is 0 Å². The molecule has 2 aromatic rings. The summed E-state index contributed by atoms with van der Waals surface area (Å²) >= 11 is -0.292. The van der Waals surface area contributed by atoms with Crippen LogP contribution in [0.25, 0.3) is 0 Å². The van der Waals surface area contributed by atoms with Crippen molar-refractivity contribution in [1.82, 2.24) is 4.98 Å². The first-order valence-electron chi connectivity index (χ1n) is 5.05. The average molecular weight is 269 g/mol. The number of aromatic nitrogens is 1. The average Bonchev–Trinajstić information content (AvgIpc) is 2.36. The minimum atomic E-state index is -0.365. The molecule has 0 spiro atoms. The molecule has 0 radical (unpaired) electrons. The second-order valence-corrected chi connectivity index (χ2v) is 3.75. The molecule has 18 heavy (non-hydrogen) atoms. The number of benzene rings is 1. The van der Waals surface area contributed by atoms with Gasteiger partial charge in [0.25, 0.3) is 18.3 Å². The number of aryl methyl sites for hydroxylation is 1. The molecule has 94 valence electrons. The molecule has 0 bridgehead atoms. The van der Waals surface area contributed by atoms with Gasteiger partial charge in [-0.3, -0.25) is 0 Å². The van der Waals surface area contributed by atoms with Crippen LogP contribution in [-0.4, -0.2) is 4.98 Å². The first kappa shape index (κ1) is 12.6. The summed E-state index contributed by atoms with van der Waals surface area (Å²) in [4.78, 5) is 4.09. The maximum atomic E-state index is 12.7. The highest BCUT2D eigenvalue weighted by atomic mass is 32.2. The van der Waals surface area contributed by atoms with Crippen LogP contribution >= 0.6 is 12.4 Å². The molecule has 1 aromatic heterocycles. The Labute approximate surface area is 107 Å². The van der Waals surface area contributed by atoms with Crippen LogP contribution in [0.15, 0.2) is 36.4 Å². The summed E-state index contributed by atoms with van der Waals surface area (Å²) in [5.41, 5.74) is 0.698. The molecular weight excluding hydrogens is 260 g/mol. The molecule has 6 heteroatoms. The van der Waals surface area contributed by atoms with E-state index in [1.165, 1.54) is 24.3 Å². The lowest BCUT2D eigenvalue weighted by molar-refractivity contribution is 0.435. The van der Waals surface area contributed by atoms with Crippen molar-refractivity contribution in [2.24, 2.45) is 0 Å². The van der Waals surface area contributed by atoms with Gasteiger partial charge in [-0.25, -0.2) is 9.37 Å². The SMILES string of the molecule is Cc1ccc(OSF)c(Oc2ccc(F)cc2)n1. The van der Waals surface area contributed by atoms with E-state index in [1.54, 1.807) is 19.1 Å². The van der Waals surface area contributed by atoms with Crippen LogP contribution in [0.5, 0.6) is 17.4 Å². The van der Waals surface area contributed by atoms with Gasteiger partial charge in [0.15, 0.2) is 0 Å². The van der Waals surface area contributed by atoms with Crippen LogP contribution in [0.1, 0.15) is 5.69 Å². The minimum Gasteiger partial charge on any atom is -0.436 e. The lowest BCUT2D eigenvalue weighted by atomic mass is 10.3. The highest BCUT2D eigenvalue weighted by molar-refractivity contribution is 7.89. The molecule has 0 N–H and O–H groups in total. The highest BCUT2D eigenvalue weighted by Crippen LogP contribution is 2.32. The Morgan fingerprint density at radius 1 is 1.11 bits per heavy atom. The zero-order chi connectivity index (χ0) is 13.0. The minimum absolute atomic E-state index is 0.131. The van der Waals surface area contributed by atoms with Crippen LogP contribution in [-0.2, 0) is 0 Å². The third-order valence-electron chi connectivity index (χ3n) is 2.11. The zero-order valence-corrected chi connectivity index (χ0v) is 10.2. The van der Waals surface area contributed by atoms with Crippen molar-refractivity contribution in [2.45, 2.75) is 6.92 Å². The molecule has 0 saturated heterocycles. The van der Waals surface area contributed by atoms with Gasteiger partial charge in [0.1, 0.15) is 11.6 Å². The van der Waals surface area contributed by atoms with Crippen molar-refractivity contribution in [3.8, 4) is 17.4 Å². The van der Waals surface area contributed by atoms with Gasteiger partial charge in [0.2, 0.25) is 5.75 Å². The molecule has 0 unspecified atom stereocenters. The third-order valence-corrected chi connectivity index (χ3v) is 2.36. The van der Waals surface area contributed by atoms with Crippen molar-refractivity contribution in [3.05, 3.63) is 47.9 Å². The molecule has 1 aromatic carbocycles. The predicted molar refractivity (Wildman–Crippen MR) is 64.8 cm³/mol. The fraction of sp³-hybridized carbons (Fsp3) is 0.0833. The van der Waals surface area contributed by atoms with E-state index in [1.807, 2.05) is 0 Å². The lowest BCUT2D eigenvalue weighted by Gasteiger charge is -2.09. The van der Waals surface area contributed by atoms with Gasteiger partial charge in [0, 0.05) is 5.69 Å². The quantitative estimate of drug-likeness (QED) is 0.777. The van der Waals surface area contributed by atoms with E-state index in [9.17, 15) is 8.28 Å². The molecule has 0 aliphatic rings. The molecule has 1 heterocycles. The van der Waals surface area contributed by atoms with Crippen LogP contribution in [0.3, 0.4) is 0 Å². The van der Waals surface area contributed by atoms with Crippen molar-refractivity contribution in [3.63, 3.8) is 0 Å². The van der Waals surface area contributed by atoms with E-state index >= 15 is 0 Å². The summed E-state index contributed by atoms with van der Waals surface area (Å²) in [6.45, 7) is 1.77. The van der Waals surface area contributed by atoms with Gasteiger partial charge in [-0.05, 0) is 43.3 Å². The van der Waals surface area contributed by atoms with Crippen molar-refractivity contribution in [2.75, 3.05) is 0 Å². The van der Waals surface area contributed by atoms with Crippen molar-refractivity contribution >= 4 is 12.4 Å². The fourth-order valence-corrected chi connectivity index (χ4v) is 1.50. The molecule has 0 saturated carbocycles. The second kappa shape index (κ2) is 5.68. The Balaban J connectivity index is 2.26. The standard InChI is InChI=1S/C12H9F2NO2S/c1-8-2-7-11(17-18-14)12(15-8)16-10-5-3-9(13)4-6-10/h2-7H,1H3. The zero-order valence-electron chi connectivity index (χ0n) is 9.39. The molecule has 3 nitrogen and oxygen atoms in total. The summed E-state index contributed by atoms with van der Waals surface area (Å²) in [7, 11) is 0. The van der Waals surface area contributed by atoms with Crippen LogP contribution in [0.2, 0.25) is 0 Å². The summed E-state index contributed by atoms with van der Waals surface area (Å²) in [5, 5.41) is 0. The van der Waals surface area contributed by atoms with Crippen LogP contribution in [0, 0.1) is 12.7 Å². The van der Waals surface area contributed by atoms with Gasteiger partial charge < -0.3 is 8.92 Å². The Hall–Kier alpha value is -1.82. The summed E-state index contributed by atoms with van der Waals surface area (Å²) in [5.74, 6) is 0.322. The summed E-state index contributed by atoms with van der Waals surface area (Å²) < 4.78 is 34.9. The first-order chi connectivity index (χ1) is 8.69. The number of hydrogen-bond donors (Lipinski definition) is 0. The van der Waals surface area contributed by atoms with Crippen molar-refractivity contribution in [1.29, 1.82) is 0 Å². The predicted octanol–water partition coefficient (Wildman–Crippen LogP) is 4.23. The van der Waals surface area contributed by atoms with E-state index in [0.717, 1.165) is 0 Å². The van der Waals surface area contributed by atoms with Gasteiger partial charge in [0.05, 0.1) is 0 Å². The lowest BCUT2D eigenvalue weighted by Crippen LogP contribution is -1.93. The van der Waals surface area contributed by atoms with E-state index in [-0.39, 0.29) is 29.9 Å². The molecule has 0 amide bonds. The van der Waals surface area contributed by atoms with Gasteiger partial charge in [-0.1, -0.05) is 0 Å². The normalized spacial score (nSPS) is 10.2. The smallest absolute Gasteiger partial charge is 0.272 e. The van der Waals surface area contributed by atoms with Gasteiger partial charge in [-0.15, -0.1) is 3.89 Å². The maximum absolute atomic E-state index is 12.7. The molecule has 0 aliphatic heterocycles. The monoisotopic (exact) mass is 269 g/mol. The number of rotatable bonds is 4. The number of ether oxygens (including phenoxy) is 1.